The van der Waals surface area contributed by atoms with Gasteiger partial charge in [-0.25, -0.2) is 0 Å². The second kappa shape index (κ2) is 9.95. The maximum Gasteiger partial charge on any atom is 0.387 e. The standard InChI is InChI=1S/C18H18F2N2O5/c1-24-13-7-8-15(25-2)12(9-13)10-21-26-11-17(23)22-14-5-3-4-6-16(14)27-18(19)20/h3-10,18H,11H2,1-2H3,(H,22,23)/b21-10-. The number of anilines is 1. The minimum atomic E-state index is -3.00. The number of methoxy groups -OCH3 is 2. The molecule has 0 bridgehead atoms. The van der Waals surface area contributed by atoms with Crippen molar-refractivity contribution >= 4 is 17.8 Å². The van der Waals surface area contributed by atoms with Crippen LogP contribution in [0.15, 0.2) is 47.6 Å². The number of para-hydroxylation sites is 2. The summed E-state index contributed by atoms with van der Waals surface area (Å²) in [7, 11) is 3.03. The van der Waals surface area contributed by atoms with Crippen LogP contribution in [0.4, 0.5) is 14.5 Å². The fourth-order valence-electron chi connectivity index (χ4n) is 2.09. The van der Waals surface area contributed by atoms with E-state index in [0.717, 1.165) is 0 Å². The normalized spacial score (nSPS) is 10.7. The summed E-state index contributed by atoms with van der Waals surface area (Å²) >= 11 is 0. The van der Waals surface area contributed by atoms with Gasteiger partial charge in [0.05, 0.1) is 26.1 Å². The summed E-state index contributed by atoms with van der Waals surface area (Å²) in [6, 6.07) is 10.9. The molecular weight excluding hydrogens is 362 g/mol. The molecule has 144 valence electrons. The molecule has 1 N–H and O–H groups in total. The van der Waals surface area contributed by atoms with E-state index in [1.807, 2.05) is 0 Å². The third-order valence-corrected chi connectivity index (χ3v) is 3.28. The Morgan fingerprint density at radius 3 is 2.63 bits per heavy atom. The van der Waals surface area contributed by atoms with E-state index < -0.39 is 19.1 Å². The van der Waals surface area contributed by atoms with Crippen LogP contribution in [0.2, 0.25) is 0 Å². The van der Waals surface area contributed by atoms with Gasteiger partial charge in [-0.2, -0.15) is 8.78 Å². The molecule has 0 fully saturated rings. The topological polar surface area (TPSA) is 78.4 Å². The molecule has 0 spiro atoms. The van der Waals surface area contributed by atoms with E-state index in [2.05, 4.69) is 15.2 Å². The number of rotatable bonds is 9. The summed E-state index contributed by atoms with van der Waals surface area (Å²) in [5, 5.41) is 6.12. The Morgan fingerprint density at radius 2 is 1.93 bits per heavy atom. The lowest BCUT2D eigenvalue weighted by Crippen LogP contribution is -2.18. The number of alkyl halides is 2. The first-order chi connectivity index (χ1) is 13.0. The number of oxime groups is 1. The van der Waals surface area contributed by atoms with Crippen molar-refractivity contribution < 1.29 is 32.6 Å². The third-order valence-electron chi connectivity index (χ3n) is 3.28. The first kappa shape index (κ1) is 20.0. The van der Waals surface area contributed by atoms with Crippen LogP contribution in [0, 0.1) is 0 Å². The highest BCUT2D eigenvalue weighted by atomic mass is 19.3. The lowest BCUT2D eigenvalue weighted by atomic mass is 10.2. The molecule has 0 aliphatic carbocycles. The Bertz CT molecular complexity index is 799. The number of carbonyl (C=O) groups excluding carboxylic acids is 1. The molecule has 0 unspecified atom stereocenters. The van der Waals surface area contributed by atoms with Crippen LogP contribution < -0.4 is 19.5 Å². The SMILES string of the molecule is COc1ccc(OC)c(/C=N\OCC(=O)Nc2ccccc2OC(F)F)c1. The Kier molecular flexibility index (Phi) is 7.36. The van der Waals surface area contributed by atoms with Crippen molar-refractivity contribution in [2.24, 2.45) is 5.16 Å². The van der Waals surface area contributed by atoms with Crippen molar-refractivity contribution in [1.29, 1.82) is 0 Å². The number of amides is 1. The van der Waals surface area contributed by atoms with Gasteiger partial charge in [-0.1, -0.05) is 17.3 Å². The largest absolute Gasteiger partial charge is 0.497 e. The van der Waals surface area contributed by atoms with E-state index in [-0.39, 0.29) is 11.4 Å². The Morgan fingerprint density at radius 1 is 1.15 bits per heavy atom. The Labute approximate surface area is 154 Å². The van der Waals surface area contributed by atoms with Crippen molar-refractivity contribution in [3.8, 4) is 17.2 Å². The molecule has 0 aliphatic heterocycles. The van der Waals surface area contributed by atoms with Gasteiger partial charge in [0.15, 0.2) is 6.61 Å². The number of halogens is 2. The van der Waals surface area contributed by atoms with Crippen molar-refractivity contribution in [2.45, 2.75) is 6.61 Å². The van der Waals surface area contributed by atoms with Gasteiger partial charge >= 0.3 is 6.61 Å². The lowest BCUT2D eigenvalue weighted by Gasteiger charge is -2.11. The van der Waals surface area contributed by atoms with Crippen LogP contribution in [0.25, 0.3) is 0 Å². The van der Waals surface area contributed by atoms with Crippen LogP contribution in [-0.4, -0.2) is 39.6 Å². The Hall–Kier alpha value is -3.36. The second-order valence-corrected chi connectivity index (χ2v) is 5.04. The van der Waals surface area contributed by atoms with Crippen LogP contribution in [0.5, 0.6) is 17.2 Å². The highest BCUT2D eigenvalue weighted by molar-refractivity contribution is 5.93. The molecule has 9 heteroatoms. The molecule has 2 rings (SSSR count). The number of nitrogens with one attached hydrogen (secondary N) is 1. The number of nitrogens with zero attached hydrogens (tertiary/aromatic N) is 1. The van der Waals surface area contributed by atoms with E-state index in [1.165, 1.54) is 38.6 Å². The predicted molar refractivity (Wildman–Crippen MR) is 94.8 cm³/mol. The smallest absolute Gasteiger partial charge is 0.387 e. The third kappa shape index (κ3) is 6.14. The molecule has 0 heterocycles. The average molecular weight is 380 g/mol. The predicted octanol–water partition coefficient (Wildman–Crippen LogP) is 3.29. The summed E-state index contributed by atoms with van der Waals surface area (Å²) < 4.78 is 39.4. The van der Waals surface area contributed by atoms with Crippen molar-refractivity contribution in [3.63, 3.8) is 0 Å². The summed E-state index contributed by atoms with van der Waals surface area (Å²) in [6.45, 7) is -3.42. The summed E-state index contributed by atoms with van der Waals surface area (Å²) in [5.41, 5.74) is 0.692. The number of benzene rings is 2. The van der Waals surface area contributed by atoms with E-state index >= 15 is 0 Å². The van der Waals surface area contributed by atoms with Gasteiger partial charge in [-0.05, 0) is 30.3 Å². The minimum absolute atomic E-state index is 0.102. The van der Waals surface area contributed by atoms with Crippen LogP contribution in [0.3, 0.4) is 0 Å². The molecule has 2 aromatic carbocycles. The second-order valence-electron chi connectivity index (χ2n) is 5.04. The zero-order valence-electron chi connectivity index (χ0n) is 14.6. The molecule has 2 aromatic rings. The number of ether oxygens (including phenoxy) is 3. The van der Waals surface area contributed by atoms with Gasteiger partial charge in [0.2, 0.25) is 0 Å². The zero-order valence-corrected chi connectivity index (χ0v) is 14.6. The van der Waals surface area contributed by atoms with E-state index in [9.17, 15) is 13.6 Å². The summed E-state index contributed by atoms with van der Waals surface area (Å²) in [4.78, 5) is 16.8. The number of carbonyl (C=O) groups is 1. The molecule has 0 aromatic heterocycles. The average Bonchev–Trinajstić information content (AvgIpc) is 2.66. The quantitative estimate of drug-likeness (QED) is 0.534. The van der Waals surface area contributed by atoms with Crippen molar-refractivity contribution in [1.82, 2.24) is 0 Å². The first-order valence-corrected chi connectivity index (χ1v) is 7.74. The molecule has 27 heavy (non-hydrogen) atoms. The minimum Gasteiger partial charge on any atom is -0.497 e. The molecule has 0 atom stereocenters. The van der Waals surface area contributed by atoms with Gasteiger partial charge in [-0.15, -0.1) is 0 Å². The van der Waals surface area contributed by atoms with Crippen molar-refractivity contribution in [2.75, 3.05) is 26.1 Å². The molecule has 0 saturated heterocycles. The van der Waals surface area contributed by atoms with Crippen LogP contribution in [-0.2, 0) is 9.63 Å². The van der Waals surface area contributed by atoms with E-state index in [1.54, 1.807) is 24.3 Å². The van der Waals surface area contributed by atoms with Gasteiger partial charge < -0.3 is 24.4 Å². The molecule has 1 amide bonds. The van der Waals surface area contributed by atoms with Gasteiger partial charge in [0, 0.05) is 5.56 Å². The van der Waals surface area contributed by atoms with Gasteiger partial charge in [-0.3, -0.25) is 4.79 Å². The van der Waals surface area contributed by atoms with E-state index in [0.29, 0.717) is 17.1 Å². The lowest BCUT2D eigenvalue weighted by molar-refractivity contribution is -0.120. The number of hydrogen-bond donors (Lipinski definition) is 1. The van der Waals surface area contributed by atoms with Crippen LogP contribution >= 0.6 is 0 Å². The molecule has 0 aliphatic rings. The van der Waals surface area contributed by atoms with Crippen LogP contribution in [0.1, 0.15) is 5.56 Å². The maximum absolute atomic E-state index is 12.4. The molecule has 0 saturated carbocycles. The van der Waals surface area contributed by atoms with Gasteiger partial charge in [0.1, 0.15) is 17.2 Å². The van der Waals surface area contributed by atoms with E-state index in [4.69, 9.17) is 14.3 Å². The fourth-order valence-corrected chi connectivity index (χ4v) is 2.09. The molecular formula is C18H18F2N2O5. The summed E-state index contributed by atoms with van der Waals surface area (Å²) in [6.07, 6.45) is 1.36. The zero-order chi connectivity index (χ0) is 19.6. The summed E-state index contributed by atoms with van der Waals surface area (Å²) in [5.74, 6) is 0.414. The monoisotopic (exact) mass is 380 g/mol. The highest BCUT2D eigenvalue weighted by Gasteiger charge is 2.11. The first-order valence-electron chi connectivity index (χ1n) is 7.74. The van der Waals surface area contributed by atoms with Crippen molar-refractivity contribution in [3.05, 3.63) is 48.0 Å². The molecule has 7 nitrogen and oxygen atoms in total. The fraction of sp³-hybridized carbons (Fsp3) is 0.222. The van der Waals surface area contributed by atoms with Gasteiger partial charge in [0.25, 0.3) is 5.91 Å². The molecule has 0 radical (unpaired) electrons. The highest BCUT2D eigenvalue weighted by Crippen LogP contribution is 2.25. The number of hydrogen-bond acceptors (Lipinski definition) is 6. The Balaban J connectivity index is 1.93. The maximum atomic E-state index is 12.4.